The summed E-state index contributed by atoms with van der Waals surface area (Å²) in [6.07, 6.45) is 0. The molecule has 24 heavy (non-hydrogen) atoms. The van der Waals surface area contributed by atoms with Crippen molar-refractivity contribution in [3.8, 4) is 5.69 Å². The summed E-state index contributed by atoms with van der Waals surface area (Å²) in [6, 6.07) is 15.0. The van der Waals surface area contributed by atoms with Crippen molar-refractivity contribution in [3.63, 3.8) is 0 Å². The number of aromatic amines is 1. The number of rotatable bonds is 3. The van der Waals surface area contributed by atoms with Crippen molar-refractivity contribution < 1.29 is 0 Å². The van der Waals surface area contributed by atoms with Crippen LogP contribution in [-0.2, 0) is 0 Å². The Morgan fingerprint density at radius 3 is 2.50 bits per heavy atom. The molecule has 122 valence electrons. The molecule has 5 heteroatoms. The molecule has 0 bridgehead atoms. The highest BCUT2D eigenvalue weighted by Crippen LogP contribution is 2.23. The van der Waals surface area contributed by atoms with Gasteiger partial charge in [0.2, 0.25) is 0 Å². The third-order valence-corrected chi connectivity index (χ3v) is 4.13. The number of aryl methyl sites for hydroxylation is 2. The molecule has 0 saturated carbocycles. The lowest BCUT2D eigenvalue weighted by atomic mass is 10.1. The maximum absolute atomic E-state index is 12.8. The van der Waals surface area contributed by atoms with E-state index >= 15 is 0 Å². The minimum atomic E-state index is -0.105. The second-order valence-corrected chi connectivity index (χ2v) is 6.15. The van der Waals surface area contributed by atoms with E-state index in [9.17, 15) is 4.79 Å². The van der Waals surface area contributed by atoms with Crippen molar-refractivity contribution in [3.05, 3.63) is 80.7 Å². The van der Waals surface area contributed by atoms with Crippen LogP contribution in [0.4, 0.5) is 5.69 Å². The van der Waals surface area contributed by atoms with Crippen LogP contribution in [-0.4, -0.2) is 15.5 Å². The molecule has 0 spiro atoms. The first kappa shape index (κ1) is 16.3. The summed E-state index contributed by atoms with van der Waals surface area (Å²) in [7, 11) is 0. The maximum Gasteiger partial charge on any atom is 0.280 e. The van der Waals surface area contributed by atoms with E-state index in [4.69, 9.17) is 11.6 Å². The minimum Gasteiger partial charge on any atom is -0.295 e. The smallest absolute Gasteiger partial charge is 0.280 e. The first-order valence-corrected chi connectivity index (χ1v) is 8.04. The topological polar surface area (TPSA) is 50.1 Å². The van der Waals surface area contributed by atoms with Crippen molar-refractivity contribution in [1.82, 2.24) is 9.78 Å². The highest BCUT2D eigenvalue weighted by Gasteiger charge is 2.15. The van der Waals surface area contributed by atoms with Crippen molar-refractivity contribution >= 4 is 23.0 Å². The van der Waals surface area contributed by atoms with E-state index in [-0.39, 0.29) is 5.56 Å². The van der Waals surface area contributed by atoms with Crippen LogP contribution in [0.5, 0.6) is 0 Å². The van der Waals surface area contributed by atoms with E-state index < -0.39 is 0 Å². The van der Waals surface area contributed by atoms with Crippen LogP contribution in [0.3, 0.4) is 0 Å². The van der Waals surface area contributed by atoms with Gasteiger partial charge in [-0.1, -0.05) is 29.8 Å². The van der Waals surface area contributed by atoms with E-state index in [1.165, 1.54) is 0 Å². The second-order valence-electron chi connectivity index (χ2n) is 5.72. The largest absolute Gasteiger partial charge is 0.295 e. The van der Waals surface area contributed by atoms with Crippen LogP contribution < -0.4 is 5.56 Å². The normalized spacial score (nSPS) is 11.8. The molecule has 0 amide bonds. The molecule has 3 aromatic rings. The Morgan fingerprint density at radius 2 is 1.83 bits per heavy atom. The Morgan fingerprint density at radius 1 is 1.12 bits per heavy atom. The summed E-state index contributed by atoms with van der Waals surface area (Å²) in [6.45, 7) is 5.68. The number of H-pyrrole nitrogens is 1. The van der Waals surface area contributed by atoms with E-state index in [1.54, 1.807) is 10.7 Å². The number of aliphatic imine (C=N–C) groups is 1. The lowest BCUT2D eigenvalue weighted by Crippen LogP contribution is -2.19. The second kappa shape index (κ2) is 6.49. The maximum atomic E-state index is 12.8. The highest BCUT2D eigenvalue weighted by molar-refractivity contribution is 6.30. The number of hydrogen-bond acceptors (Lipinski definition) is 2. The van der Waals surface area contributed by atoms with Crippen LogP contribution in [0, 0.1) is 13.8 Å². The fourth-order valence-electron chi connectivity index (χ4n) is 2.71. The highest BCUT2D eigenvalue weighted by atomic mass is 35.5. The Balaban J connectivity index is 2.08. The van der Waals surface area contributed by atoms with Crippen LogP contribution in [0.15, 0.2) is 58.3 Å². The molecule has 0 aliphatic carbocycles. The Kier molecular flexibility index (Phi) is 4.40. The minimum absolute atomic E-state index is 0.105. The predicted octanol–water partition coefficient (Wildman–Crippen LogP) is 4.58. The summed E-state index contributed by atoms with van der Waals surface area (Å²) < 4.78 is 1.54. The van der Waals surface area contributed by atoms with E-state index in [1.807, 2.05) is 63.2 Å². The average molecular weight is 340 g/mol. The van der Waals surface area contributed by atoms with Crippen LogP contribution in [0.1, 0.15) is 23.7 Å². The summed E-state index contributed by atoms with van der Waals surface area (Å²) in [5.74, 6) is 0. The van der Waals surface area contributed by atoms with E-state index in [0.717, 1.165) is 22.6 Å². The molecule has 0 unspecified atom stereocenters. The zero-order valence-electron chi connectivity index (χ0n) is 13.8. The monoisotopic (exact) mass is 339 g/mol. The van der Waals surface area contributed by atoms with Crippen LogP contribution in [0.2, 0.25) is 5.02 Å². The van der Waals surface area contributed by atoms with Gasteiger partial charge >= 0.3 is 0 Å². The van der Waals surface area contributed by atoms with Crippen LogP contribution in [0.25, 0.3) is 5.69 Å². The molecule has 0 fully saturated rings. The number of benzene rings is 2. The number of aromatic nitrogens is 2. The van der Waals surface area contributed by atoms with Crippen LogP contribution >= 0.6 is 11.6 Å². The SMILES string of the molecule is CC(=Nc1ccc(Cl)cc1C)c1c(C)[nH]n(-c2ccccc2)c1=O. The van der Waals surface area contributed by atoms with Crippen molar-refractivity contribution in [2.45, 2.75) is 20.8 Å². The van der Waals surface area contributed by atoms with Gasteiger partial charge in [0.05, 0.1) is 22.6 Å². The fourth-order valence-corrected chi connectivity index (χ4v) is 2.94. The summed E-state index contributed by atoms with van der Waals surface area (Å²) in [4.78, 5) is 17.4. The summed E-state index contributed by atoms with van der Waals surface area (Å²) in [5.41, 5.74) is 4.53. The quantitative estimate of drug-likeness (QED) is 0.698. The van der Waals surface area contributed by atoms with Gasteiger partial charge in [0, 0.05) is 10.7 Å². The number of hydrogen-bond donors (Lipinski definition) is 1. The van der Waals surface area contributed by atoms with Crippen molar-refractivity contribution in [1.29, 1.82) is 0 Å². The van der Waals surface area contributed by atoms with Gasteiger partial charge in [0.1, 0.15) is 0 Å². The molecule has 1 heterocycles. The molecule has 0 atom stereocenters. The molecular weight excluding hydrogens is 322 g/mol. The fraction of sp³-hybridized carbons (Fsp3) is 0.158. The van der Waals surface area contributed by atoms with Crippen molar-refractivity contribution in [2.24, 2.45) is 4.99 Å². The van der Waals surface area contributed by atoms with E-state index in [2.05, 4.69) is 10.1 Å². The first-order chi connectivity index (χ1) is 11.5. The molecule has 0 radical (unpaired) electrons. The number of nitrogens with one attached hydrogen (secondary N) is 1. The Labute approximate surface area is 145 Å². The predicted molar refractivity (Wildman–Crippen MR) is 99.2 cm³/mol. The summed E-state index contributed by atoms with van der Waals surface area (Å²) >= 11 is 5.99. The summed E-state index contributed by atoms with van der Waals surface area (Å²) in [5, 5.41) is 3.80. The van der Waals surface area contributed by atoms with Gasteiger partial charge in [-0.05, 0) is 56.7 Å². The Bertz CT molecular complexity index is 968. The standard InChI is InChI=1S/C19H18ClN3O/c1-12-11-15(20)9-10-17(12)21-13(2)18-14(3)22-23(19(18)24)16-7-5-4-6-8-16/h4-11,22H,1-3H3. The van der Waals surface area contributed by atoms with Gasteiger partial charge in [-0.2, -0.15) is 0 Å². The zero-order valence-corrected chi connectivity index (χ0v) is 14.6. The number of nitrogens with zero attached hydrogens (tertiary/aromatic N) is 2. The third-order valence-electron chi connectivity index (χ3n) is 3.89. The molecular formula is C19H18ClN3O. The van der Waals surface area contributed by atoms with Crippen molar-refractivity contribution in [2.75, 3.05) is 0 Å². The molecule has 1 aromatic heterocycles. The van der Waals surface area contributed by atoms with Gasteiger partial charge in [-0.15, -0.1) is 0 Å². The van der Waals surface area contributed by atoms with Gasteiger partial charge in [-0.25, -0.2) is 4.68 Å². The molecule has 0 aliphatic heterocycles. The van der Waals surface area contributed by atoms with Gasteiger partial charge < -0.3 is 0 Å². The lowest BCUT2D eigenvalue weighted by molar-refractivity contribution is 0.835. The molecule has 1 N–H and O–H groups in total. The number of halogens is 1. The molecule has 4 nitrogen and oxygen atoms in total. The molecule has 2 aromatic carbocycles. The molecule has 0 saturated heterocycles. The Hall–Kier alpha value is -2.59. The van der Waals surface area contributed by atoms with Gasteiger partial charge in [0.25, 0.3) is 5.56 Å². The zero-order chi connectivity index (χ0) is 17.3. The van der Waals surface area contributed by atoms with E-state index in [0.29, 0.717) is 16.3 Å². The number of para-hydroxylation sites is 1. The molecule has 3 rings (SSSR count). The average Bonchev–Trinajstić information content (AvgIpc) is 2.85. The molecule has 0 aliphatic rings. The van der Waals surface area contributed by atoms with Gasteiger partial charge in [0.15, 0.2) is 0 Å². The van der Waals surface area contributed by atoms with Gasteiger partial charge in [-0.3, -0.25) is 14.9 Å². The third kappa shape index (κ3) is 3.05. The lowest BCUT2D eigenvalue weighted by Gasteiger charge is -2.03. The first-order valence-electron chi connectivity index (χ1n) is 7.66.